The van der Waals surface area contributed by atoms with Crippen LogP contribution in [0.3, 0.4) is 0 Å². The molecule has 0 amide bonds. The molecule has 0 aromatic rings. The number of carbonyl (C=O) groups is 1. The average molecular weight is 280 g/mol. The van der Waals surface area contributed by atoms with Gasteiger partial charge in [0.25, 0.3) is 0 Å². The molecule has 0 heterocycles. The van der Waals surface area contributed by atoms with Gasteiger partial charge >= 0.3 is 0 Å². The van der Waals surface area contributed by atoms with Crippen molar-refractivity contribution in [1.82, 2.24) is 0 Å². The van der Waals surface area contributed by atoms with Crippen molar-refractivity contribution >= 4 is 5.78 Å². The van der Waals surface area contributed by atoms with Crippen molar-refractivity contribution in [3.8, 4) is 0 Å². The molecule has 0 N–H and O–H groups in total. The third kappa shape index (κ3) is 1.89. The zero-order valence-electron chi connectivity index (χ0n) is 12.4. The van der Waals surface area contributed by atoms with E-state index in [9.17, 15) is 4.79 Å². The molecule has 0 saturated heterocycles. The summed E-state index contributed by atoms with van der Waals surface area (Å²) < 4.78 is 16.4. The molecule has 4 atom stereocenters. The number of ketones is 1. The first kappa shape index (κ1) is 14.2. The van der Waals surface area contributed by atoms with Gasteiger partial charge in [0, 0.05) is 24.9 Å². The third-order valence-corrected chi connectivity index (χ3v) is 5.79. The number of allylic oxidation sites excluding steroid dienone is 2. The summed E-state index contributed by atoms with van der Waals surface area (Å²) in [4.78, 5) is 11.9. The minimum absolute atomic E-state index is 0.0882. The zero-order valence-corrected chi connectivity index (χ0v) is 12.4. The Bertz CT molecular complexity index is 419. The predicted octanol–water partition coefficient (Wildman–Crippen LogP) is 2.33. The molecule has 0 aromatic heterocycles. The molecular weight excluding hydrogens is 256 g/mol. The maximum atomic E-state index is 11.9. The molecule has 2 saturated carbocycles. The fourth-order valence-corrected chi connectivity index (χ4v) is 4.50. The monoisotopic (exact) mass is 280 g/mol. The molecule has 0 bridgehead atoms. The molecule has 0 aromatic carbocycles. The van der Waals surface area contributed by atoms with Crippen molar-refractivity contribution in [2.24, 2.45) is 16.7 Å². The first-order chi connectivity index (χ1) is 9.64. The molecular formula is C16H24O4. The highest BCUT2D eigenvalue weighted by Gasteiger charge is 2.68. The van der Waals surface area contributed by atoms with Gasteiger partial charge in [-0.25, -0.2) is 0 Å². The molecule has 2 fully saturated rings. The van der Waals surface area contributed by atoms with Crippen molar-refractivity contribution in [2.75, 3.05) is 27.1 Å². The summed E-state index contributed by atoms with van der Waals surface area (Å²) in [7, 11) is 1.66. The van der Waals surface area contributed by atoms with Gasteiger partial charge in [-0.15, -0.1) is 0 Å². The molecule has 3 aliphatic carbocycles. The van der Waals surface area contributed by atoms with Crippen LogP contribution in [0.1, 0.15) is 32.6 Å². The number of ether oxygens (including phenoxy) is 3. The van der Waals surface area contributed by atoms with E-state index in [2.05, 4.69) is 19.1 Å². The Morgan fingerprint density at radius 3 is 3.00 bits per heavy atom. The summed E-state index contributed by atoms with van der Waals surface area (Å²) in [6.45, 7) is 3.77. The molecule has 0 radical (unpaired) electrons. The number of Topliss-reactive ketones (excluding diaryl/α,β-unsaturated/α-hetero) is 1. The Morgan fingerprint density at radius 1 is 1.40 bits per heavy atom. The first-order valence-corrected chi connectivity index (χ1v) is 7.52. The summed E-state index contributed by atoms with van der Waals surface area (Å²) in [5, 5.41) is 0. The van der Waals surface area contributed by atoms with E-state index >= 15 is 0 Å². The van der Waals surface area contributed by atoms with Crippen LogP contribution in [0, 0.1) is 16.7 Å². The van der Waals surface area contributed by atoms with Crippen LogP contribution < -0.4 is 0 Å². The van der Waals surface area contributed by atoms with Crippen LogP contribution >= 0.6 is 0 Å². The third-order valence-electron chi connectivity index (χ3n) is 5.79. The van der Waals surface area contributed by atoms with Gasteiger partial charge in [-0.05, 0) is 24.7 Å². The lowest BCUT2D eigenvalue weighted by atomic mass is 9.46. The second-order valence-corrected chi connectivity index (χ2v) is 6.54. The van der Waals surface area contributed by atoms with E-state index in [4.69, 9.17) is 14.2 Å². The van der Waals surface area contributed by atoms with E-state index < -0.39 is 0 Å². The predicted molar refractivity (Wildman–Crippen MR) is 74.2 cm³/mol. The number of carbonyl (C=O) groups excluding carboxylic acids is 1. The molecule has 1 spiro atoms. The van der Waals surface area contributed by atoms with Crippen LogP contribution in [-0.4, -0.2) is 39.0 Å². The molecule has 3 aliphatic rings. The fraction of sp³-hybridized carbons (Fsp3) is 0.812. The van der Waals surface area contributed by atoms with Crippen molar-refractivity contribution in [2.45, 2.75) is 38.7 Å². The highest BCUT2D eigenvalue weighted by Crippen LogP contribution is 2.68. The Labute approximate surface area is 120 Å². The Hall–Kier alpha value is -0.710. The largest absolute Gasteiger partial charge is 0.382 e. The summed E-state index contributed by atoms with van der Waals surface area (Å²) in [6.07, 6.45) is 8.40. The SMILES string of the molecule is COCCOCOC1CCC23CC(=O)C2C=CCC13C. The Kier molecular flexibility index (Phi) is 3.73. The molecule has 20 heavy (non-hydrogen) atoms. The summed E-state index contributed by atoms with van der Waals surface area (Å²) in [5.41, 5.74) is 0.251. The highest BCUT2D eigenvalue weighted by molar-refractivity contribution is 5.91. The zero-order chi connectivity index (χ0) is 14.2. The number of hydrogen-bond acceptors (Lipinski definition) is 4. The van der Waals surface area contributed by atoms with Crippen LogP contribution in [0.5, 0.6) is 0 Å². The van der Waals surface area contributed by atoms with Gasteiger partial charge in [-0.1, -0.05) is 19.1 Å². The lowest BCUT2D eigenvalue weighted by molar-refractivity contribution is -0.171. The van der Waals surface area contributed by atoms with Crippen molar-refractivity contribution < 1.29 is 19.0 Å². The Balaban J connectivity index is 1.62. The number of methoxy groups -OCH3 is 1. The molecule has 3 rings (SSSR count). The minimum Gasteiger partial charge on any atom is -0.382 e. The van der Waals surface area contributed by atoms with E-state index in [1.165, 1.54) is 0 Å². The molecule has 112 valence electrons. The fourth-order valence-electron chi connectivity index (χ4n) is 4.50. The second kappa shape index (κ2) is 5.24. The summed E-state index contributed by atoms with van der Waals surface area (Å²) in [6, 6.07) is 0. The van der Waals surface area contributed by atoms with Crippen LogP contribution in [0.2, 0.25) is 0 Å². The van der Waals surface area contributed by atoms with Crippen molar-refractivity contribution in [3.05, 3.63) is 12.2 Å². The van der Waals surface area contributed by atoms with E-state index in [-0.39, 0.29) is 22.9 Å². The standard InChI is InChI=1S/C16H24O4/c1-15-6-3-4-12-13(17)10-16(12,15)7-5-14(15)20-11-19-9-8-18-2/h3-4,12,14H,5-11H2,1-2H3. The number of rotatable bonds is 6. The Morgan fingerprint density at radius 2 is 2.25 bits per heavy atom. The maximum Gasteiger partial charge on any atom is 0.147 e. The number of hydrogen-bond donors (Lipinski definition) is 0. The lowest BCUT2D eigenvalue weighted by Crippen LogP contribution is -2.58. The summed E-state index contributed by atoms with van der Waals surface area (Å²) >= 11 is 0. The second-order valence-electron chi connectivity index (χ2n) is 6.54. The van der Waals surface area contributed by atoms with Crippen molar-refractivity contribution in [3.63, 3.8) is 0 Å². The van der Waals surface area contributed by atoms with E-state index in [1.807, 2.05) is 0 Å². The van der Waals surface area contributed by atoms with E-state index in [0.717, 1.165) is 25.7 Å². The van der Waals surface area contributed by atoms with Gasteiger partial charge in [0.1, 0.15) is 12.6 Å². The van der Waals surface area contributed by atoms with Crippen LogP contribution in [0.25, 0.3) is 0 Å². The maximum absolute atomic E-state index is 11.9. The topological polar surface area (TPSA) is 44.8 Å². The molecule has 4 nitrogen and oxygen atoms in total. The van der Waals surface area contributed by atoms with Crippen LogP contribution in [0.4, 0.5) is 0 Å². The molecule has 4 unspecified atom stereocenters. The minimum atomic E-state index is 0.0882. The van der Waals surface area contributed by atoms with Crippen LogP contribution in [-0.2, 0) is 19.0 Å². The van der Waals surface area contributed by atoms with Crippen molar-refractivity contribution in [1.29, 1.82) is 0 Å². The highest BCUT2D eigenvalue weighted by atomic mass is 16.7. The van der Waals surface area contributed by atoms with E-state index in [0.29, 0.717) is 25.8 Å². The first-order valence-electron chi connectivity index (χ1n) is 7.52. The van der Waals surface area contributed by atoms with Gasteiger partial charge < -0.3 is 14.2 Å². The molecule has 0 aliphatic heterocycles. The van der Waals surface area contributed by atoms with Crippen LogP contribution in [0.15, 0.2) is 12.2 Å². The normalized spacial score (nSPS) is 42.2. The quantitative estimate of drug-likeness (QED) is 0.425. The van der Waals surface area contributed by atoms with Gasteiger partial charge in [0.05, 0.1) is 19.3 Å². The molecule has 4 heteroatoms. The van der Waals surface area contributed by atoms with E-state index in [1.54, 1.807) is 7.11 Å². The smallest absolute Gasteiger partial charge is 0.147 e. The van der Waals surface area contributed by atoms with Gasteiger partial charge in [0.15, 0.2) is 0 Å². The summed E-state index contributed by atoms with van der Waals surface area (Å²) in [5.74, 6) is 0.549. The lowest BCUT2D eigenvalue weighted by Gasteiger charge is -2.57. The van der Waals surface area contributed by atoms with Gasteiger partial charge in [-0.2, -0.15) is 0 Å². The average Bonchev–Trinajstić information content (AvgIpc) is 2.72. The van der Waals surface area contributed by atoms with Gasteiger partial charge in [0.2, 0.25) is 0 Å². The van der Waals surface area contributed by atoms with Gasteiger partial charge in [-0.3, -0.25) is 4.79 Å².